The number of nitrogens with zero attached hydrogens (tertiary/aromatic N) is 2. The van der Waals surface area contributed by atoms with E-state index in [9.17, 15) is 4.39 Å². The number of pyridine rings is 1. The van der Waals surface area contributed by atoms with Crippen LogP contribution in [0.1, 0.15) is 11.1 Å². The molecule has 0 bridgehead atoms. The normalized spacial score (nSPS) is 19.6. The molecule has 0 amide bonds. The van der Waals surface area contributed by atoms with Gasteiger partial charge in [-0.2, -0.15) is 0 Å². The minimum Gasteiger partial charge on any atom is -0.375 e. The highest BCUT2D eigenvalue weighted by atomic mass is 19.1. The van der Waals surface area contributed by atoms with Crippen molar-refractivity contribution < 1.29 is 9.13 Å². The minimum atomic E-state index is -0.185. The topological polar surface area (TPSA) is 25.4 Å². The van der Waals surface area contributed by atoms with E-state index >= 15 is 0 Å². The quantitative estimate of drug-likeness (QED) is 0.864. The van der Waals surface area contributed by atoms with Crippen LogP contribution in [0, 0.1) is 5.82 Å². The van der Waals surface area contributed by atoms with Crippen LogP contribution in [-0.4, -0.2) is 35.7 Å². The molecule has 0 aliphatic carbocycles. The fourth-order valence-corrected chi connectivity index (χ4v) is 2.72. The second-order valence-electron chi connectivity index (χ2n) is 5.42. The summed E-state index contributed by atoms with van der Waals surface area (Å²) in [6, 6.07) is 10.8. The molecule has 1 aliphatic heterocycles. The summed E-state index contributed by atoms with van der Waals surface area (Å²) in [6.45, 7) is 3.40. The first kappa shape index (κ1) is 14.2. The summed E-state index contributed by atoms with van der Waals surface area (Å²) < 4.78 is 19.0. The summed E-state index contributed by atoms with van der Waals surface area (Å²) in [7, 11) is 0. The Labute approximate surface area is 124 Å². The van der Waals surface area contributed by atoms with Crippen molar-refractivity contribution in [1.82, 2.24) is 9.88 Å². The molecule has 2 aromatic rings. The van der Waals surface area contributed by atoms with Crippen LogP contribution in [0.4, 0.5) is 4.39 Å². The predicted molar refractivity (Wildman–Crippen MR) is 79.4 cm³/mol. The van der Waals surface area contributed by atoms with Crippen LogP contribution in [0.5, 0.6) is 0 Å². The molecule has 0 unspecified atom stereocenters. The highest BCUT2D eigenvalue weighted by Crippen LogP contribution is 2.14. The molecule has 1 aliphatic rings. The number of hydrogen-bond acceptors (Lipinski definition) is 3. The van der Waals surface area contributed by atoms with Crippen LogP contribution in [0.15, 0.2) is 48.8 Å². The average Bonchev–Trinajstić information content (AvgIpc) is 2.49. The van der Waals surface area contributed by atoms with Crippen LogP contribution in [-0.2, 0) is 17.7 Å². The number of benzene rings is 1. The molecular weight excluding hydrogens is 267 g/mol. The average molecular weight is 286 g/mol. The first-order chi connectivity index (χ1) is 10.3. The third-order valence-electron chi connectivity index (χ3n) is 3.70. The monoisotopic (exact) mass is 286 g/mol. The molecule has 3 rings (SSSR count). The van der Waals surface area contributed by atoms with Gasteiger partial charge in [0.2, 0.25) is 0 Å². The highest BCUT2D eigenvalue weighted by Gasteiger charge is 2.20. The lowest BCUT2D eigenvalue weighted by Crippen LogP contribution is -2.42. The maximum absolute atomic E-state index is 13.2. The van der Waals surface area contributed by atoms with Crippen molar-refractivity contribution in [3.05, 3.63) is 65.7 Å². The first-order valence-electron chi connectivity index (χ1n) is 7.27. The lowest BCUT2D eigenvalue weighted by atomic mass is 10.1. The Bertz CT molecular complexity index is 576. The third kappa shape index (κ3) is 4.09. The zero-order valence-corrected chi connectivity index (χ0v) is 11.9. The third-order valence-corrected chi connectivity index (χ3v) is 3.70. The molecule has 1 aromatic carbocycles. The van der Waals surface area contributed by atoms with Gasteiger partial charge in [-0.3, -0.25) is 9.88 Å². The first-order valence-corrected chi connectivity index (χ1v) is 7.27. The lowest BCUT2D eigenvalue weighted by Gasteiger charge is -2.33. The summed E-state index contributed by atoms with van der Waals surface area (Å²) >= 11 is 0. The molecule has 110 valence electrons. The van der Waals surface area contributed by atoms with E-state index in [1.165, 1.54) is 11.6 Å². The van der Waals surface area contributed by atoms with Gasteiger partial charge in [-0.1, -0.05) is 18.2 Å². The summed E-state index contributed by atoms with van der Waals surface area (Å²) in [5.41, 5.74) is 2.20. The maximum atomic E-state index is 13.2. The van der Waals surface area contributed by atoms with E-state index in [0.717, 1.165) is 38.2 Å². The molecular formula is C17H19FN2O. The second kappa shape index (κ2) is 6.78. The SMILES string of the molecule is Fc1cccc(C[C@H]2CN(Cc3cccnc3)CCO2)c1. The van der Waals surface area contributed by atoms with E-state index in [0.29, 0.717) is 0 Å². The van der Waals surface area contributed by atoms with Gasteiger partial charge in [-0.15, -0.1) is 0 Å². The van der Waals surface area contributed by atoms with Crippen LogP contribution in [0.2, 0.25) is 0 Å². The Hall–Kier alpha value is -1.78. The smallest absolute Gasteiger partial charge is 0.123 e. The molecule has 1 atom stereocenters. The molecule has 0 N–H and O–H groups in total. The lowest BCUT2D eigenvalue weighted by molar-refractivity contribution is -0.0305. The van der Waals surface area contributed by atoms with Gasteiger partial charge in [-0.05, 0) is 35.7 Å². The number of halogens is 1. The summed E-state index contributed by atoms with van der Waals surface area (Å²) in [5, 5.41) is 0. The Morgan fingerprint density at radius 3 is 2.95 bits per heavy atom. The van der Waals surface area contributed by atoms with Crippen molar-refractivity contribution >= 4 is 0 Å². The van der Waals surface area contributed by atoms with Gasteiger partial charge in [0.1, 0.15) is 5.82 Å². The standard InChI is InChI=1S/C17H19FN2O/c18-16-5-1-3-14(9-16)10-17-13-20(7-8-21-17)12-15-4-2-6-19-11-15/h1-6,9,11,17H,7-8,10,12-13H2/t17-/m0/s1. The number of rotatable bonds is 4. The van der Waals surface area contributed by atoms with Crippen molar-refractivity contribution in [3.8, 4) is 0 Å². The largest absolute Gasteiger partial charge is 0.375 e. The van der Waals surface area contributed by atoms with Crippen LogP contribution < -0.4 is 0 Å². The molecule has 2 heterocycles. The number of aromatic nitrogens is 1. The highest BCUT2D eigenvalue weighted by molar-refractivity contribution is 5.17. The van der Waals surface area contributed by atoms with E-state index in [2.05, 4.69) is 16.0 Å². The van der Waals surface area contributed by atoms with E-state index < -0.39 is 0 Å². The summed E-state index contributed by atoms with van der Waals surface area (Å²) in [6.07, 6.45) is 4.56. The fourth-order valence-electron chi connectivity index (χ4n) is 2.72. The van der Waals surface area contributed by atoms with Crippen LogP contribution >= 0.6 is 0 Å². The van der Waals surface area contributed by atoms with Gasteiger partial charge < -0.3 is 4.74 Å². The zero-order chi connectivity index (χ0) is 14.5. The van der Waals surface area contributed by atoms with E-state index in [1.54, 1.807) is 18.3 Å². The molecule has 0 saturated carbocycles. The van der Waals surface area contributed by atoms with Gasteiger partial charge in [0.05, 0.1) is 12.7 Å². The summed E-state index contributed by atoms with van der Waals surface area (Å²) in [4.78, 5) is 6.51. The van der Waals surface area contributed by atoms with E-state index in [-0.39, 0.29) is 11.9 Å². The molecule has 0 radical (unpaired) electrons. The molecule has 1 fully saturated rings. The summed E-state index contributed by atoms with van der Waals surface area (Å²) in [5.74, 6) is -0.185. The molecule has 21 heavy (non-hydrogen) atoms. The Kier molecular flexibility index (Phi) is 4.58. The second-order valence-corrected chi connectivity index (χ2v) is 5.42. The zero-order valence-electron chi connectivity index (χ0n) is 11.9. The molecule has 0 spiro atoms. The Morgan fingerprint density at radius 1 is 1.24 bits per heavy atom. The minimum absolute atomic E-state index is 0.122. The maximum Gasteiger partial charge on any atom is 0.123 e. The van der Waals surface area contributed by atoms with Crippen LogP contribution in [0.25, 0.3) is 0 Å². The van der Waals surface area contributed by atoms with Crippen molar-refractivity contribution in [2.75, 3.05) is 19.7 Å². The van der Waals surface area contributed by atoms with Gasteiger partial charge in [-0.25, -0.2) is 4.39 Å². The molecule has 1 aromatic heterocycles. The molecule has 1 saturated heterocycles. The fraction of sp³-hybridized carbons (Fsp3) is 0.353. The van der Waals surface area contributed by atoms with Crippen molar-refractivity contribution in [2.24, 2.45) is 0 Å². The predicted octanol–water partition coefficient (Wildman–Crippen LogP) is 2.66. The van der Waals surface area contributed by atoms with Crippen LogP contribution in [0.3, 0.4) is 0 Å². The van der Waals surface area contributed by atoms with Crippen molar-refractivity contribution in [1.29, 1.82) is 0 Å². The van der Waals surface area contributed by atoms with Crippen molar-refractivity contribution in [2.45, 2.75) is 19.1 Å². The molecule has 3 nitrogen and oxygen atoms in total. The van der Waals surface area contributed by atoms with E-state index in [1.807, 2.05) is 18.3 Å². The number of ether oxygens (including phenoxy) is 1. The van der Waals surface area contributed by atoms with E-state index in [4.69, 9.17) is 4.74 Å². The van der Waals surface area contributed by atoms with Gasteiger partial charge in [0, 0.05) is 32.0 Å². The Balaban J connectivity index is 1.58. The number of hydrogen-bond donors (Lipinski definition) is 0. The van der Waals surface area contributed by atoms with Gasteiger partial charge in [0.25, 0.3) is 0 Å². The van der Waals surface area contributed by atoms with Crippen molar-refractivity contribution in [3.63, 3.8) is 0 Å². The van der Waals surface area contributed by atoms with Gasteiger partial charge in [0.15, 0.2) is 0 Å². The van der Waals surface area contributed by atoms with Gasteiger partial charge >= 0.3 is 0 Å². The number of morpholine rings is 1. The molecule has 4 heteroatoms. The Morgan fingerprint density at radius 2 is 2.14 bits per heavy atom.